The molecule has 0 radical (unpaired) electrons. The van der Waals surface area contributed by atoms with E-state index in [2.05, 4.69) is 0 Å². The minimum atomic E-state index is -0.817. The number of benzene rings is 1. The molecule has 13 heavy (non-hydrogen) atoms. The Labute approximate surface area is 85.1 Å². The van der Waals surface area contributed by atoms with Gasteiger partial charge in [0.2, 0.25) is 0 Å². The molecule has 0 aromatic heterocycles. The molecular weight excluding hydrogens is 217 g/mol. The van der Waals surface area contributed by atoms with Crippen molar-refractivity contribution in [2.24, 2.45) is 0 Å². The van der Waals surface area contributed by atoms with Gasteiger partial charge >= 0.3 is 0 Å². The number of carbonyl (C=O) groups is 1. The molecule has 0 unspecified atom stereocenters. The molecule has 0 aliphatic heterocycles. The lowest BCUT2D eigenvalue weighted by Gasteiger charge is -1.94. The summed E-state index contributed by atoms with van der Waals surface area (Å²) in [5.41, 5.74) is -0.346. The highest BCUT2D eigenvalue weighted by Crippen LogP contribution is 2.18. The number of nitro benzene ring substituents is 1. The van der Waals surface area contributed by atoms with Crippen LogP contribution in [0, 0.1) is 10.1 Å². The molecule has 1 rings (SSSR count). The van der Waals surface area contributed by atoms with Gasteiger partial charge in [0, 0.05) is 6.07 Å². The van der Waals surface area contributed by atoms with E-state index in [0.717, 1.165) is 0 Å². The summed E-state index contributed by atoms with van der Waals surface area (Å²) in [4.78, 5) is 20.3. The van der Waals surface area contributed by atoms with Gasteiger partial charge in [0.15, 0.2) is 0 Å². The molecule has 1 aromatic carbocycles. The lowest BCUT2D eigenvalue weighted by molar-refractivity contribution is -0.385. The topological polar surface area (TPSA) is 60.2 Å². The SMILES string of the molecule is Cl.O=C(Cl)c1ccccc1[N+](=O)[O-]. The molecular formula is C7H5Cl2NO3. The van der Waals surface area contributed by atoms with Crippen molar-refractivity contribution in [2.45, 2.75) is 0 Å². The molecule has 0 atom stereocenters. The van der Waals surface area contributed by atoms with E-state index in [0.29, 0.717) is 0 Å². The van der Waals surface area contributed by atoms with Crippen LogP contribution in [0.15, 0.2) is 24.3 Å². The van der Waals surface area contributed by atoms with Crippen LogP contribution in [-0.2, 0) is 0 Å². The quantitative estimate of drug-likeness (QED) is 0.438. The molecule has 0 bridgehead atoms. The van der Waals surface area contributed by atoms with Crippen LogP contribution in [0.1, 0.15) is 10.4 Å². The fraction of sp³-hybridized carbons (Fsp3) is 0. The van der Waals surface area contributed by atoms with Crippen LogP contribution in [0.4, 0.5) is 5.69 Å². The van der Waals surface area contributed by atoms with E-state index >= 15 is 0 Å². The van der Waals surface area contributed by atoms with Gasteiger partial charge in [-0.25, -0.2) is 0 Å². The standard InChI is InChI=1S/C7H4ClNO3.ClH/c8-7(10)5-3-1-2-4-6(5)9(11)12;/h1-4H;1H. The number of nitrogens with zero attached hydrogens (tertiary/aromatic N) is 1. The molecule has 6 heteroatoms. The molecule has 70 valence electrons. The number of hydrogen-bond donors (Lipinski definition) is 0. The average Bonchev–Trinajstić information content (AvgIpc) is 2.04. The van der Waals surface area contributed by atoms with Crippen LogP contribution in [-0.4, -0.2) is 10.2 Å². The second kappa shape index (κ2) is 4.79. The van der Waals surface area contributed by atoms with E-state index < -0.39 is 10.2 Å². The third-order valence-corrected chi connectivity index (χ3v) is 1.52. The summed E-state index contributed by atoms with van der Waals surface area (Å²) in [6.07, 6.45) is 0. The maximum Gasteiger partial charge on any atom is 0.281 e. The maximum atomic E-state index is 10.6. The lowest BCUT2D eigenvalue weighted by Crippen LogP contribution is -1.97. The van der Waals surface area contributed by atoms with E-state index in [9.17, 15) is 14.9 Å². The highest BCUT2D eigenvalue weighted by atomic mass is 35.5. The highest BCUT2D eigenvalue weighted by Gasteiger charge is 2.16. The van der Waals surface area contributed by atoms with Crippen LogP contribution in [0.3, 0.4) is 0 Å². The number of para-hydroxylation sites is 1. The van der Waals surface area contributed by atoms with Crippen molar-refractivity contribution in [1.29, 1.82) is 0 Å². The Morgan fingerprint density at radius 1 is 1.38 bits per heavy atom. The number of halogens is 2. The first-order valence-electron chi connectivity index (χ1n) is 3.06. The van der Waals surface area contributed by atoms with Crippen LogP contribution >= 0.6 is 24.0 Å². The largest absolute Gasteiger partial charge is 0.281 e. The molecule has 1 aromatic rings. The van der Waals surface area contributed by atoms with Crippen molar-refractivity contribution in [2.75, 3.05) is 0 Å². The van der Waals surface area contributed by atoms with Crippen LogP contribution in [0.25, 0.3) is 0 Å². The lowest BCUT2D eigenvalue weighted by atomic mass is 10.2. The number of hydrogen-bond acceptors (Lipinski definition) is 3. The first kappa shape index (κ1) is 11.9. The summed E-state index contributed by atoms with van der Waals surface area (Å²) < 4.78 is 0. The van der Waals surface area contributed by atoms with E-state index in [4.69, 9.17) is 11.6 Å². The van der Waals surface area contributed by atoms with Crippen LogP contribution < -0.4 is 0 Å². The van der Waals surface area contributed by atoms with E-state index in [1.165, 1.54) is 24.3 Å². The Hall–Kier alpha value is -1.13. The van der Waals surface area contributed by atoms with Gasteiger partial charge in [-0.2, -0.15) is 0 Å². The second-order valence-electron chi connectivity index (χ2n) is 2.05. The van der Waals surface area contributed by atoms with E-state index in [-0.39, 0.29) is 23.7 Å². The van der Waals surface area contributed by atoms with Crippen molar-refractivity contribution in [3.05, 3.63) is 39.9 Å². The second-order valence-corrected chi connectivity index (χ2v) is 2.39. The fourth-order valence-corrected chi connectivity index (χ4v) is 0.959. The molecule has 0 heterocycles. The Bertz CT molecular complexity index is 307. The molecule has 0 aliphatic rings. The predicted molar refractivity (Wildman–Crippen MR) is 50.5 cm³/mol. The fourth-order valence-electron chi connectivity index (χ4n) is 0.799. The minimum Gasteiger partial charge on any atom is -0.275 e. The average molecular weight is 222 g/mol. The van der Waals surface area contributed by atoms with Crippen LogP contribution in [0.2, 0.25) is 0 Å². The molecule has 0 amide bonds. The summed E-state index contributed by atoms with van der Waals surface area (Å²) >= 11 is 5.11. The van der Waals surface area contributed by atoms with Gasteiger partial charge in [-0.05, 0) is 17.7 Å². The highest BCUT2D eigenvalue weighted by molar-refractivity contribution is 6.68. The monoisotopic (exact) mass is 221 g/mol. The zero-order valence-corrected chi connectivity index (χ0v) is 7.84. The smallest absolute Gasteiger partial charge is 0.275 e. The molecule has 0 aliphatic carbocycles. The van der Waals surface area contributed by atoms with Gasteiger partial charge in [0.25, 0.3) is 10.9 Å². The third-order valence-electron chi connectivity index (χ3n) is 1.31. The zero-order chi connectivity index (χ0) is 9.14. The molecule has 0 fully saturated rings. The van der Waals surface area contributed by atoms with Crippen LogP contribution in [0.5, 0.6) is 0 Å². The predicted octanol–water partition coefficient (Wildman–Crippen LogP) is 2.40. The van der Waals surface area contributed by atoms with Crippen molar-refractivity contribution in [3.63, 3.8) is 0 Å². The van der Waals surface area contributed by atoms with Gasteiger partial charge in [0.05, 0.1) is 4.92 Å². The molecule has 0 N–H and O–H groups in total. The summed E-state index contributed by atoms with van der Waals surface area (Å²) in [5, 5.41) is 9.50. The molecule has 0 saturated carbocycles. The Kier molecular flexibility index (Phi) is 4.37. The zero-order valence-electron chi connectivity index (χ0n) is 6.27. The van der Waals surface area contributed by atoms with Crippen molar-refractivity contribution >= 4 is 34.9 Å². The minimum absolute atomic E-state index is 0. The summed E-state index contributed by atoms with van der Waals surface area (Å²) in [6.45, 7) is 0. The Morgan fingerprint density at radius 2 is 1.92 bits per heavy atom. The van der Waals surface area contributed by atoms with Gasteiger partial charge in [0.1, 0.15) is 5.56 Å². The van der Waals surface area contributed by atoms with Crippen molar-refractivity contribution in [1.82, 2.24) is 0 Å². The number of carbonyl (C=O) groups excluding carboxylic acids is 1. The summed E-state index contributed by atoms with van der Waals surface area (Å²) in [7, 11) is 0. The van der Waals surface area contributed by atoms with Gasteiger partial charge in [-0.3, -0.25) is 14.9 Å². The summed E-state index contributed by atoms with van der Waals surface area (Å²) in [5.74, 6) is 0. The summed E-state index contributed by atoms with van der Waals surface area (Å²) in [6, 6.07) is 5.53. The number of rotatable bonds is 2. The normalized spacial score (nSPS) is 8.69. The molecule has 0 spiro atoms. The maximum absolute atomic E-state index is 10.6. The first-order valence-corrected chi connectivity index (χ1v) is 3.44. The molecule has 4 nitrogen and oxygen atoms in total. The Morgan fingerprint density at radius 3 is 2.31 bits per heavy atom. The van der Waals surface area contributed by atoms with E-state index in [1.807, 2.05) is 0 Å². The van der Waals surface area contributed by atoms with Crippen molar-refractivity contribution in [3.8, 4) is 0 Å². The first-order chi connectivity index (χ1) is 5.63. The van der Waals surface area contributed by atoms with Gasteiger partial charge < -0.3 is 0 Å². The number of nitro groups is 1. The molecule has 0 saturated heterocycles. The van der Waals surface area contributed by atoms with Crippen molar-refractivity contribution < 1.29 is 9.72 Å². The Balaban J connectivity index is 0.00000144. The van der Waals surface area contributed by atoms with E-state index in [1.54, 1.807) is 0 Å². The third kappa shape index (κ3) is 2.68. The van der Waals surface area contributed by atoms with Gasteiger partial charge in [-0.15, -0.1) is 12.4 Å². The van der Waals surface area contributed by atoms with Gasteiger partial charge in [-0.1, -0.05) is 12.1 Å².